The van der Waals surface area contributed by atoms with Gasteiger partial charge < -0.3 is 5.32 Å². The first kappa shape index (κ1) is 25.4. The second-order valence-corrected chi connectivity index (χ2v) is 10.3. The third-order valence-corrected chi connectivity index (χ3v) is 7.11. The lowest BCUT2D eigenvalue weighted by Gasteiger charge is -2.15. The average molecular weight is 417 g/mol. The predicted molar refractivity (Wildman–Crippen MR) is 118 cm³/mol. The molecule has 2 N–H and O–H groups in total. The van der Waals surface area contributed by atoms with Crippen LogP contribution in [0.1, 0.15) is 116 Å². The lowest BCUT2D eigenvalue weighted by atomic mass is 10.0. The van der Waals surface area contributed by atoms with Crippen molar-refractivity contribution >= 4 is 15.9 Å². The molecule has 1 fully saturated rings. The van der Waals surface area contributed by atoms with Crippen molar-refractivity contribution in [2.75, 3.05) is 12.3 Å². The van der Waals surface area contributed by atoms with Crippen LogP contribution in [0.3, 0.4) is 0 Å². The molecule has 0 aliphatic carbocycles. The van der Waals surface area contributed by atoms with E-state index in [0.717, 1.165) is 25.7 Å². The number of carbonyl (C=O) groups excluding carboxylic acids is 1. The molecule has 1 amide bonds. The largest absolute Gasteiger partial charge is 0.356 e. The Labute approximate surface area is 173 Å². The van der Waals surface area contributed by atoms with E-state index in [1.165, 1.54) is 70.6 Å². The van der Waals surface area contributed by atoms with Gasteiger partial charge in [-0.2, -0.15) is 0 Å². The number of unbranched alkanes of at least 4 members (excludes halogenated alkanes) is 13. The van der Waals surface area contributed by atoms with Crippen molar-refractivity contribution in [2.24, 2.45) is 0 Å². The fourth-order valence-electron chi connectivity index (χ4n) is 3.87. The topological polar surface area (TPSA) is 75.3 Å². The van der Waals surface area contributed by atoms with Crippen molar-refractivity contribution in [2.45, 2.75) is 122 Å². The minimum atomic E-state index is -3.27. The van der Waals surface area contributed by atoms with Crippen LogP contribution in [0.5, 0.6) is 0 Å². The first-order valence-corrected chi connectivity index (χ1v) is 13.5. The van der Waals surface area contributed by atoms with Crippen molar-refractivity contribution in [1.82, 2.24) is 10.0 Å². The predicted octanol–water partition coefficient (Wildman–Crippen LogP) is 5.06. The van der Waals surface area contributed by atoms with E-state index in [2.05, 4.69) is 17.0 Å². The molecule has 5 nitrogen and oxygen atoms in total. The summed E-state index contributed by atoms with van der Waals surface area (Å²) in [5.74, 6) is 0.130. The van der Waals surface area contributed by atoms with Gasteiger partial charge in [0.05, 0.1) is 5.75 Å². The summed E-state index contributed by atoms with van der Waals surface area (Å²) in [5.41, 5.74) is 0. The maximum absolute atomic E-state index is 12.2. The van der Waals surface area contributed by atoms with Gasteiger partial charge in [0.25, 0.3) is 0 Å². The molecular weight excluding hydrogens is 372 g/mol. The molecule has 1 aliphatic heterocycles. The quantitative estimate of drug-likeness (QED) is 0.326. The van der Waals surface area contributed by atoms with Crippen LogP contribution in [0, 0.1) is 0 Å². The summed E-state index contributed by atoms with van der Waals surface area (Å²) in [5, 5.41) is 2.78. The summed E-state index contributed by atoms with van der Waals surface area (Å²) < 4.78 is 27.1. The SMILES string of the molecule is CCCCCCCCCCCCCCCCS(=O)(=O)N[C@H]1CCCNC(=O)C1. The van der Waals surface area contributed by atoms with Crippen molar-refractivity contribution in [3.8, 4) is 0 Å². The van der Waals surface area contributed by atoms with Crippen molar-refractivity contribution < 1.29 is 13.2 Å². The second-order valence-electron chi connectivity index (χ2n) is 8.43. The molecule has 6 heteroatoms. The summed E-state index contributed by atoms with van der Waals surface area (Å²) in [6, 6.07) is -0.237. The first-order valence-electron chi connectivity index (χ1n) is 11.8. The van der Waals surface area contributed by atoms with E-state index in [-0.39, 0.29) is 24.1 Å². The van der Waals surface area contributed by atoms with E-state index in [1.54, 1.807) is 0 Å². The van der Waals surface area contributed by atoms with Gasteiger partial charge in [-0.05, 0) is 19.3 Å². The van der Waals surface area contributed by atoms with Gasteiger partial charge in [-0.15, -0.1) is 0 Å². The molecule has 1 atom stereocenters. The van der Waals surface area contributed by atoms with E-state index < -0.39 is 10.0 Å². The third-order valence-electron chi connectivity index (χ3n) is 5.60. The summed E-state index contributed by atoms with van der Waals surface area (Å²) in [7, 11) is -3.27. The smallest absolute Gasteiger partial charge is 0.221 e. The Morgan fingerprint density at radius 3 is 1.89 bits per heavy atom. The number of carbonyl (C=O) groups is 1. The van der Waals surface area contributed by atoms with E-state index >= 15 is 0 Å². The van der Waals surface area contributed by atoms with Crippen LogP contribution >= 0.6 is 0 Å². The number of amides is 1. The first-order chi connectivity index (χ1) is 13.5. The van der Waals surface area contributed by atoms with Crippen LogP contribution in [0.25, 0.3) is 0 Å². The number of sulfonamides is 1. The van der Waals surface area contributed by atoms with Crippen molar-refractivity contribution in [3.63, 3.8) is 0 Å². The van der Waals surface area contributed by atoms with Gasteiger partial charge in [-0.25, -0.2) is 13.1 Å². The van der Waals surface area contributed by atoms with E-state index in [4.69, 9.17) is 0 Å². The lowest BCUT2D eigenvalue weighted by Crippen LogP contribution is -2.38. The Morgan fingerprint density at radius 1 is 0.857 bits per heavy atom. The molecule has 0 spiro atoms. The van der Waals surface area contributed by atoms with Crippen LogP contribution < -0.4 is 10.0 Å². The van der Waals surface area contributed by atoms with Gasteiger partial charge in [-0.3, -0.25) is 4.79 Å². The Kier molecular flexibility index (Phi) is 14.7. The molecule has 0 aromatic heterocycles. The summed E-state index contributed by atoms with van der Waals surface area (Å²) >= 11 is 0. The van der Waals surface area contributed by atoms with E-state index in [9.17, 15) is 13.2 Å². The van der Waals surface area contributed by atoms with Crippen molar-refractivity contribution in [1.29, 1.82) is 0 Å². The molecule has 0 saturated carbocycles. The average Bonchev–Trinajstić information content (AvgIpc) is 2.85. The van der Waals surface area contributed by atoms with Gasteiger partial charge in [-0.1, -0.05) is 90.4 Å². The third kappa shape index (κ3) is 14.4. The highest BCUT2D eigenvalue weighted by molar-refractivity contribution is 7.89. The molecule has 1 aliphatic rings. The zero-order valence-corrected chi connectivity index (χ0v) is 19.0. The standard InChI is InChI=1S/C22H44N2O3S/c1-2-3-4-5-6-7-8-9-10-11-12-13-14-15-19-28(26,27)24-21-17-16-18-23-22(25)20-21/h21,24H,2-20H2,1H3,(H,23,25)/t21-/m0/s1. The molecule has 0 bridgehead atoms. The fraction of sp³-hybridized carbons (Fsp3) is 0.955. The zero-order chi connectivity index (χ0) is 20.5. The lowest BCUT2D eigenvalue weighted by molar-refractivity contribution is -0.121. The number of hydrogen-bond acceptors (Lipinski definition) is 3. The van der Waals surface area contributed by atoms with Gasteiger partial charge in [0, 0.05) is 19.0 Å². The molecule has 1 rings (SSSR count). The molecule has 28 heavy (non-hydrogen) atoms. The highest BCUT2D eigenvalue weighted by Gasteiger charge is 2.22. The molecule has 166 valence electrons. The molecule has 0 aromatic rings. The Morgan fingerprint density at radius 2 is 1.36 bits per heavy atom. The normalized spacial score (nSPS) is 18.0. The highest BCUT2D eigenvalue weighted by Crippen LogP contribution is 2.13. The van der Waals surface area contributed by atoms with Gasteiger partial charge >= 0.3 is 0 Å². The monoisotopic (exact) mass is 416 g/mol. The fourth-order valence-corrected chi connectivity index (χ4v) is 5.29. The van der Waals surface area contributed by atoms with E-state index in [0.29, 0.717) is 13.0 Å². The Hall–Kier alpha value is -0.620. The second kappa shape index (κ2) is 16.2. The maximum atomic E-state index is 12.2. The summed E-state index contributed by atoms with van der Waals surface area (Å²) in [6.45, 7) is 2.91. The number of rotatable bonds is 17. The van der Waals surface area contributed by atoms with Crippen LogP contribution in [0.4, 0.5) is 0 Å². The molecule has 1 saturated heterocycles. The molecule has 0 aromatic carbocycles. The van der Waals surface area contributed by atoms with Gasteiger partial charge in [0.1, 0.15) is 0 Å². The minimum Gasteiger partial charge on any atom is -0.356 e. The number of hydrogen-bond donors (Lipinski definition) is 2. The molecule has 0 radical (unpaired) electrons. The van der Waals surface area contributed by atoms with Crippen LogP contribution in [-0.2, 0) is 14.8 Å². The number of nitrogens with one attached hydrogen (secondary N) is 2. The highest BCUT2D eigenvalue weighted by atomic mass is 32.2. The van der Waals surface area contributed by atoms with Crippen LogP contribution in [-0.4, -0.2) is 32.7 Å². The van der Waals surface area contributed by atoms with Gasteiger partial charge in [0.15, 0.2) is 0 Å². The van der Waals surface area contributed by atoms with Crippen molar-refractivity contribution in [3.05, 3.63) is 0 Å². The minimum absolute atomic E-state index is 0.0540. The molecular formula is C22H44N2O3S. The van der Waals surface area contributed by atoms with Crippen LogP contribution in [0.15, 0.2) is 0 Å². The van der Waals surface area contributed by atoms with Gasteiger partial charge in [0.2, 0.25) is 15.9 Å². The Bertz CT molecular complexity index is 494. The van der Waals surface area contributed by atoms with Crippen LogP contribution in [0.2, 0.25) is 0 Å². The Balaban J connectivity index is 1.92. The zero-order valence-electron chi connectivity index (χ0n) is 18.1. The summed E-state index contributed by atoms with van der Waals surface area (Å²) in [4.78, 5) is 11.5. The maximum Gasteiger partial charge on any atom is 0.221 e. The molecule has 1 heterocycles. The summed E-state index contributed by atoms with van der Waals surface area (Å²) in [6.07, 6.45) is 19.5. The van der Waals surface area contributed by atoms with E-state index in [1.807, 2.05) is 0 Å². The molecule has 0 unspecified atom stereocenters.